The number of nitrogens with zero attached hydrogens (tertiary/aromatic N) is 3. The molecule has 2 N–H and O–H groups in total. The normalized spacial score (nSPS) is 15.2. The molecule has 2 heterocycles. The van der Waals surface area contributed by atoms with Crippen molar-refractivity contribution in [3.8, 4) is 0 Å². The van der Waals surface area contributed by atoms with E-state index in [2.05, 4.69) is 13.0 Å². The summed E-state index contributed by atoms with van der Waals surface area (Å²) in [6, 6.07) is 17.4. The molecule has 0 saturated carbocycles. The van der Waals surface area contributed by atoms with E-state index >= 15 is 0 Å². The molecule has 2 aromatic carbocycles. The molecule has 1 aliphatic rings. The highest BCUT2D eigenvalue weighted by Crippen LogP contribution is 2.31. The Hall–Kier alpha value is -3.61. The molecule has 1 aromatic heterocycles. The van der Waals surface area contributed by atoms with E-state index < -0.39 is 11.2 Å². The Bertz CT molecular complexity index is 1240. The van der Waals surface area contributed by atoms with Gasteiger partial charge in [-0.1, -0.05) is 48.5 Å². The topological polar surface area (TPSA) is 90.3 Å². The maximum Gasteiger partial charge on any atom is 0.332 e. The van der Waals surface area contributed by atoms with Gasteiger partial charge in [0.2, 0.25) is 0 Å². The van der Waals surface area contributed by atoms with Gasteiger partial charge in [0.25, 0.3) is 5.56 Å². The average Bonchev–Trinajstić information content (AvgIpc) is 3.07. The summed E-state index contributed by atoms with van der Waals surface area (Å²) in [5, 5.41) is 0. The van der Waals surface area contributed by atoms with Crippen molar-refractivity contribution in [2.24, 2.45) is 0 Å². The molecular formula is C24H26N4O3. The number of hydrogen-bond donors (Lipinski definition) is 1. The molecule has 0 unspecified atom stereocenters. The van der Waals surface area contributed by atoms with E-state index in [0.717, 1.165) is 22.2 Å². The molecule has 0 fully saturated rings. The SMILES string of the molecule is CCn1c(=O)c(C(=O)CN2c3ccccc3C[C@H]2C)c(N)n(Cc2ccccc2)c1=O. The van der Waals surface area contributed by atoms with E-state index in [4.69, 9.17) is 5.73 Å². The molecule has 0 radical (unpaired) electrons. The predicted molar refractivity (Wildman–Crippen MR) is 122 cm³/mol. The lowest BCUT2D eigenvalue weighted by atomic mass is 10.1. The van der Waals surface area contributed by atoms with Gasteiger partial charge in [-0.3, -0.25) is 18.7 Å². The van der Waals surface area contributed by atoms with Crippen LogP contribution in [0.2, 0.25) is 0 Å². The van der Waals surface area contributed by atoms with Gasteiger partial charge < -0.3 is 10.6 Å². The van der Waals surface area contributed by atoms with E-state index in [0.29, 0.717) is 0 Å². The third kappa shape index (κ3) is 3.67. The molecule has 0 saturated heterocycles. The van der Waals surface area contributed by atoms with Crippen molar-refractivity contribution in [3.63, 3.8) is 0 Å². The number of hydrogen-bond acceptors (Lipinski definition) is 5. The van der Waals surface area contributed by atoms with E-state index in [1.54, 1.807) is 6.92 Å². The maximum absolute atomic E-state index is 13.3. The van der Waals surface area contributed by atoms with Gasteiger partial charge in [0, 0.05) is 18.3 Å². The number of carbonyl (C=O) groups is 1. The van der Waals surface area contributed by atoms with Gasteiger partial charge in [0.05, 0.1) is 13.1 Å². The lowest BCUT2D eigenvalue weighted by Crippen LogP contribution is -2.45. The minimum Gasteiger partial charge on any atom is -0.384 e. The van der Waals surface area contributed by atoms with Crippen LogP contribution in [0.4, 0.5) is 11.5 Å². The summed E-state index contributed by atoms with van der Waals surface area (Å²) in [5.74, 6) is -0.455. The highest BCUT2D eigenvalue weighted by molar-refractivity contribution is 6.02. The number of Topliss-reactive ketones (excluding diaryl/α,β-unsaturated/α-hetero) is 1. The first kappa shape index (κ1) is 20.7. The Morgan fingerprint density at radius 3 is 2.42 bits per heavy atom. The first-order valence-electron chi connectivity index (χ1n) is 10.5. The monoisotopic (exact) mass is 418 g/mol. The summed E-state index contributed by atoms with van der Waals surface area (Å²) in [6.45, 7) is 4.14. The summed E-state index contributed by atoms with van der Waals surface area (Å²) >= 11 is 0. The number of carbonyl (C=O) groups excluding carboxylic acids is 1. The number of nitrogens with two attached hydrogens (primary N) is 1. The molecule has 0 aliphatic carbocycles. The van der Waals surface area contributed by atoms with E-state index in [9.17, 15) is 14.4 Å². The average molecular weight is 418 g/mol. The van der Waals surface area contributed by atoms with Crippen LogP contribution in [-0.2, 0) is 19.5 Å². The lowest BCUT2D eigenvalue weighted by Gasteiger charge is -2.24. The largest absolute Gasteiger partial charge is 0.384 e. The fourth-order valence-corrected chi connectivity index (χ4v) is 4.28. The molecule has 7 nitrogen and oxygen atoms in total. The van der Waals surface area contributed by atoms with E-state index in [1.807, 2.05) is 53.4 Å². The lowest BCUT2D eigenvalue weighted by molar-refractivity contribution is 0.0995. The van der Waals surface area contributed by atoms with Crippen molar-refractivity contribution in [3.05, 3.63) is 92.1 Å². The molecule has 7 heteroatoms. The van der Waals surface area contributed by atoms with Gasteiger partial charge in [0.15, 0.2) is 5.78 Å². The second-order valence-corrected chi connectivity index (χ2v) is 7.90. The van der Waals surface area contributed by atoms with Crippen molar-refractivity contribution in [2.45, 2.75) is 39.4 Å². The summed E-state index contributed by atoms with van der Waals surface area (Å²) in [6.07, 6.45) is 0.839. The van der Waals surface area contributed by atoms with Crippen LogP contribution in [0.1, 0.15) is 35.3 Å². The fourth-order valence-electron chi connectivity index (χ4n) is 4.28. The standard InChI is InChI=1S/C24H26N4O3/c1-3-26-23(30)21(22(25)28(24(26)31)14-17-9-5-4-6-10-17)20(29)15-27-16(2)13-18-11-7-8-12-19(18)27/h4-12,16H,3,13-15,25H2,1-2H3/t16-/m1/s1. The highest BCUT2D eigenvalue weighted by atomic mass is 16.2. The van der Waals surface area contributed by atoms with Gasteiger partial charge in [0.1, 0.15) is 11.4 Å². The fraction of sp³-hybridized carbons (Fsp3) is 0.292. The van der Waals surface area contributed by atoms with Crippen LogP contribution in [0.25, 0.3) is 0 Å². The number of fused-ring (bicyclic) bond motifs is 1. The van der Waals surface area contributed by atoms with Crippen molar-refractivity contribution in [1.82, 2.24) is 9.13 Å². The second kappa shape index (κ2) is 8.26. The smallest absolute Gasteiger partial charge is 0.332 e. The minimum atomic E-state index is -0.626. The number of nitrogen functional groups attached to an aromatic ring is 1. The van der Waals surface area contributed by atoms with Gasteiger partial charge >= 0.3 is 5.69 Å². The Morgan fingerprint density at radius 1 is 1.03 bits per heavy atom. The third-order valence-electron chi connectivity index (χ3n) is 5.91. The van der Waals surface area contributed by atoms with Crippen LogP contribution in [-0.4, -0.2) is 27.5 Å². The van der Waals surface area contributed by atoms with E-state index in [-0.39, 0.29) is 42.8 Å². The number of rotatable bonds is 6. The molecule has 4 rings (SSSR count). The van der Waals surface area contributed by atoms with Crippen LogP contribution >= 0.6 is 0 Å². The van der Waals surface area contributed by atoms with Crippen LogP contribution < -0.4 is 21.9 Å². The minimum absolute atomic E-state index is 0.0326. The number of para-hydroxylation sites is 1. The van der Waals surface area contributed by atoms with Crippen molar-refractivity contribution < 1.29 is 4.79 Å². The molecule has 31 heavy (non-hydrogen) atoms. The Labute approximate surface area is 180 Å². The van der Waals surface area contributed by atoms with Crippen LogP contribution in [0.15, 0.2) is 64.2 Å². The summed E-state index contributed by atoms with van der Waals surface area (Å²) < 4.78 is 2.39. The van der Waals surface area contributed by atoms with Gasteiger partial charge in [-0.2, -0.15) is 0 Å². The maximum atomic E-state index is 13.3. The van der Waals surface area contributed by atoms with Gasteiger partial charge in [-0.05, 0) is 37.5 Å². The summed E-state index contributed by atoms with van der Waals surface area (Å²) in [7, 11) is 0. The van der Waals surface area contributed by atoms with Crippen LogP contribution in [0.5, 0.6) is 0 Å². The molecular weight excluding hydrogens is 392 g/mol. The number of benzene rings is 2. The molecule has 1 aliphatic heterocycles. The Kier molecular flexibility index (Phi) is 5.50. The Morgan fingerprint density at radius 2 is 1.71 bits per heavy atom. The van der Waals surface area contributed by atoms with Crippen LogP contribution in [0.3, 0.4) is 0 Å². The number of anilines is 2. The first-order chi connectivity index (χ1) is 14.9. The molecule has 1 atom stereocenters. The first-order valence-corrected chi connectivity index (χ1v) is 10.5. The second-order valence-electron chi connectivity index (χ2n) is 7.90. The van der Waals surface area contributed by atoms with Gasteiger partial charge in [-0.25, -0.2) is 4.79 Å². The molecule has 0 amide bonds. The third-order valence-corrected chi connectivity index (χ3v) is 5.91. The number of ketones is 1. The van der Waals surface area contributed by atoms with E-state index in [1.165, 1.54) is 10.1 Å². The molecule has 3 aromatic rings. The zero-order valence-corrected chi connectivity index (χ0v) is 17.7. The number of aromatic nitrogens is 2. The van der Waals surface area contributed by atoms with Crippen molar-refractivity contribution in [2.75, 3.05) is 17.2 Å². The van der Waals surface area contributed by atoms with Crippen molar-refractivity contribution >= 4 is 17.3 Å². The summed E-state index contributed by atoms with van der Waals surface area (Å²) in [5.41, 5.74) is 8.05. The zero-order chi connectivity index (χ0) is 22.1. The summed E-state index contributed by atoms with van der Waals surface area (Å²) in [4.78, 5) is 41.3. The van der Waals surface area contributed by atoms with Crippen LogP contribution in [0, 0.1) is 0 Å². The van der Waals surface area contributed by atoms with Crippen molar-refractivity contribution in [1.29, 1.82) is 0 Å². The molecule has 0 spiro atoms. The van der Waals surface area contributed by atoms with Gasteiger partial charge in [-0.15, -0.1) is 0 Å². The molecule has 0 bridgehead atoms. The Balaban J connectivity index is 1.76. The molecule has 160 valence electrons. The predicted octanol–water partition coefficient (Wildman–Crippen LogP) is 2.29. The quantitative estimate of drug-likeness (QED) is 0.621. The zero-order valence-electron chi connectivity index (χ0n) is 17.7. The highest BCUT2D eigenvalue weighted by Gasteiger charge is 2.30.